The first-order chi connectivity index (χ1) is 64.0. The fourth-order valence-corrected chi connectivity index (χ4v) is 15.6. The van der Waals surface area contributed by atoms with Crippen molar-refractivity contribution < 1.29 is 88.9 Å². The second-order valence-corrected chi connectivity index (χ2v) is 38.1. The van der Waals surface area contributed by atoms with Gasteiger partial charge in [0.25, 0.3) is 0 Å². The largest absolute Gasteiger partial charge is 0.478 e. The zero-order valence-electron chi connectivity index (χ0n) is 82.2. The molecule has 6 N–H and O–H groups in total. The Kier molecular flexibility index (Phi) is 36.7. The Morgan fingerprint density at radius 1 is 0.419 bits per heavy atom. The van der Waals surface area contributed by atoms with Crippen LogP contribution in [0.5, 0.6) is 17.2 Å². The lowest BCUT2D eigenvalue weighted by Gasteiger charge is -2.30. The average Bonchev–Trinajstić information content (AvgIpc) is 1.77. The van der Waals surface area contributed by atoms with Gasteiger partial charge in [0.05, 0.1) is 68.7 Å². The number of hydrogen-bond donors (Lipinski definition) is 6. The summed E-state index contributed by atoms with van der Waals surface area (Å²) in [6.45, 7) is 40.2. The maximum atomic E-state index is 13.4. The number of aliphatic carboxylic acids is 1. The van der Waals surface area contributed by atoms with Crippen LogP contribution in [0, 0.1) is 41.5 Å². The fourth-order valence-electron chi connectivity index (χ4n) is 15.4. The van der Waals surface area contributed by atoms with E-state index < -0.39 is 58.1 Å². The van der Waals surface area contributed by atoms with Crippen LogP contribution in [-0.4, -0.2) is 198 Å². The van der Waals surface area contributed by atoms with Crippen LogP contribution in [0.15, 0.2) is 170 Å². The summed E-state index contributed by atoms with van der Waals surface area (Å²) in [4.78, 5) is 121. The molecule has 0 aliphatic carbocycles. The number of aliphatic hydroxyl groups excluding tert-OH is 4. The van der Waals surface area contributed by atoms with Gasteiger partial charge in [0, 0.05) is 74.3 Å². The van der Waals surface area contributed by atoms with Gasteiger partial charge in [0.1, 0.15) is 57.3 Å². The van der Waals surface area contributed by atoms with Gasteiger partial charge in [0.2, 0.25) is 0 Å². The maximum Gasteiger partial charge on any atom is 0.350 e. The molecular weight excluding hydrogens is 1740 g/mol. The van der Waals surface area contributed by atoms with E-state index in [4.69, 9.17) is 51.7 Å². The molecule has 0 amide bonds. The number of nitrogens with zero attached hydrogens (tertiary/aromatic N) is 7. The minimum absolute atomic E-state index is 0. The molecule has 8 heterocycles. The lowest BCUT2D eigenvalue weighted by atomic mass is 10.0. The van der Waals surface area contributed by atoms with E-state index in [1.165, 1.54) is 34.2 Å². The van der Waals surface area contributed by atoms with E-state index in [1.54, 1.807) is 71.0 Å². The minimum Gasteiger partial charge on any atom is -0.478 e. The number of fused-ring (bicyclic) bond motifs is 4. The summed E-state index contributed by atoms with van der Waals surface area (Å²) in [6.07, 6.45) is 9.10. The molecule has 724 valence electrons. The third-order valence-electron chi connectivity index (χ3n) is 22.3. The van der Waals surface area contributed by atoms with Crippen LogP contribution >= 0.6 is 11.6 Å². The third-order valence-corrected chi connectivity index (χ3v) is 22.6. The molecule has 4 aliphatic heterocycles. The van der Waals surface area contributed by atoms with Crippen molar-refractivity contribution >= 4 is 132 Å². The number of rotatable bonds is 21. The van der Waals surface area contributed by atoms with Gasteiger partial charge in [-0.2, -0.15) is 0 Å². The number of β-amino-alcohol motifs (C(OH)–C–C–N with tert-alkyl or cyclic N) is 4. The van der Waals surface area contributed by atoms with Gasteiger partial charge in [-0.15, -0.1) is 0 Å². The van der Waals surface area contributed by atoms with Crippen molar-refractivity contribution in [2.75, 3.05) is 67.1 Å². The zero-order valence-corrected chi connectivity index (χ0v) is 82.0. The molecule has 4 atom stereocenters. The number of aliphatic hydroxyl groups is 4. The summed E-state index contributed by atoms with van der Waals surface area (Å²) in [7, 11) is 1.25. The SMILES string of the molecule is C.CC(=O)c1cc2ccccc2nc1Cl.CC(=O)c1cc2ccccc2nc1N1CC[C@H](O)C1.Cc1cc(/C=C/C(=O)c2cc3ccccc3nc2N2CC[C@H](O)C2)cc(C)c1OC(C)(C)C(=O)O.Cc1cc(/C=C/C(=O)c2cc3ccccc3nc2N2CC[C@H](O)C2)cc(C)c1OC(C)(C)C(=O)OC(C)(C)C.Cc1cc(C=O)cc(C)c1OC(C)(C)C(=O)OC(C)(C)C.O[C@H]1CCNC1.[3H]C. The third kappa shape index (κ3) is 29.4. The molecular formula is C109H133ClN8O18. The molecule has 4 saturated heterocycles. The number of aryl methyl sites for hydroxylation is 6. The number of allylic oxidation sites excluding steroid dienone is 2. The Labute approximate surface area is 804 Å². The number of carbonyl (C=O) groups is 8. The highest BCUT2D eigenvalue weighted by molar-refractivity contribution is 6.33. The molecule has 0 spiro atoms. The highest BCUT2D eigenvalue weighted by Gasteiger charge is 2.39. The lowest BCUT2D eigenvalue weighted by molar-refractivity contribution is -0.171. The highest BCUT2D eigenvalue weighted by atomic mass is 35.5. The Hall–Kier alpha value is -12.7. The standard InChI is InChI=1S/C32H38N2O5.C28H30N2O5.C17H24O4.C15H16N2O2.C11H8ClNO.C4H9NO.2CH4/c1-20-16-22(17-21(2)28(20)38-32(6,7)30(37)39-31(3,4)5)12-13-27(36)25-18-23-10-8-9-11-26(23)33-29(25)34-15-14-24(35)19-34;1-17-13-19(14-18(2)25(17)35-28(3,4)27(33)34)9-10-24(32)22-15-20-7-5-6-8-23(20)29-26(22)30-12-11-21(31)16-30;1-11-8-13(10-18)9-12(2)14(11)20-17(6,7)15(19)21-16(3,4)5;1-10(18)13-8-11-4-2-3-5-14(11)16-15(13)17-7-6-12(19)9-17;1-7(14)9-6-8-4-2-3-5-10(8)13-11(9)12;6-4-1-2-5-3-4;;/h8-13,16-18,24,35H,14-15,19H2,1-7H3;5-10,13-15,21,31H,11-12,16H2,1-4H3,(H,33,34);8-10H,1-7H3;2-5,8,12,19H,6-7,9H2,1H3;2-6H,1H3;4-6H,1-3H2;2*1H4/b13-12+;10-9+;;;;;;/t24-;21-;;12-;;4-;;/m00.0.0../s1/i;;;;;;1T;. The predicted octanol–water partition coefficient (Wildman–Crippen LogP) is 19.7. The van der Waals surface area contributed by atoms with Crippen LogP contribution in [0.25, 0.3) is 55.8 Å². The van der Waals surface area contributed by atoms with Crippen LogP contribution in [-0.2, 0) is 23.9 Å². The molecule has 4 aromatic heterocycles. The number of carboxylic acid groups (broad SMARTS) is 1. The number of carboxylic acids is 1. The molecule has 0 saturated carbocycles. The van der Waals surface area contributed by atoms with Crippen LogP contribution in [0.3, 0.4) is 0 Å². The van der Waals surface area contributed by atoms with Crippen molar-refractivity contribution in [3.05, 3.63) is 247 Å². The number of aromatic nitrogens is 4. The zero-order chi connectivity index (χ0) is 100. The molecule has 0 unspecified atom stereocenters. The second kappa shape index (κ2) is 46.7. The number of Topliss-reactive ketones (excluding diaryl/α,β-unsaturated/α-hetero) is 2. The lowest BCUT2D eigenvalue weighted by Crippen LogP contribution is -2.43. The second-order valence-electron chi connectivity index (χ2n) is 37.7. The number of hydrogen-bond acceptors (Lipinski definition) is 25. The van der Waals surface area contributed by atoms with Gasteiger partial charge in [0.15, 0.2) is 39.9 Å². The van der Waals surface area contributed by atoms with E-state index in [0.29, 0.717) is 108 Å². The topological polar surface area (TPSA) is 357 Å². The molecule has 0 radical (unpaired) electrons. The molecule has 15 rings (SSSR count). The highest BCUT2D eigenvalue weighted by Crippen LogP contribution is 2.37. The average molecular weight is 1880 g/mol. The number of ether oxygens (including phenoxy) is 5. The number of aldehydes is 1. The molecule has 26 nitrogen and oxygen atoms in total. The van der Waals surface area contributed by atoms with E-state index >= 15 is 0 Å². The van der Waals surface area contributed by atoms with E-state index in [-0.39, 0.29) is 47.9 Å². The quantitative estimate of drug-likeness (QED) is 0.0128. The van der Waals surface area contributed by atoms with Crippen molar-refractivity contribution in [2.24, 2.45) is 0 Å². The van der Waals surface area contributed by atoms with Crippen molar-refractivity contribution in [1.29, 1.82) is 0 Å². The van der Waals surface area contributed by atoms with Crippen LogP contribution < -0.4 is 34.2 Å². The number of halogens is 1. The fraction of sp³-hybridized carbons (Fsp3) is 0.394. The number of pyridine rings is 4. The number of esters is 2. The molecule has 4 fully saturated rings. The van der Waals surface area contributed by atoms with Gasteiger partial charge in [-0.3, -0.25) is 24.0 Å². The van der Waals surface area contributed by atoms with Crippen LogP contribution in [0.2, 0.25) is 5.15 Å². The van der Waals surface area contributed by atoms with Crippen molar-refractivity contribution in [2.45, 2.75) is 231 Å². The summed E-state index contributed by atoms with van der Waals surface area (Å²) in [5, 5.41) is 54.8. The normalized spacial score (nSPS) is 16.0. The predicted molar refractivity (Wildman–Crippen MR) is 541 cm³/mol. The first kappa shape index (κ1) is 107. The molecule has 7 aromatic carbocycles. The number of anilines is 3. The number of ketones is 4. The van der Waals surface area contributed by atoms with E-state index in [0.717, 1.165) is 127 Å². The maximum absolute atomic E-state index is 13.4. The smallest absolute Gasteiger partial charge is 0.350 e. The van der Waals surface area contributed by atoms with E-state index in [1.807, 2.05) is 237 Å². The van der Waals surface area contributed by atoms with E-state index in [9.17, 15) is 58.8 Å². The summed E-state index contributed by atoms with van der Waals surface area (Å²) < 4.78 is 34.5. The van der Waals surface area contributed by atoms with Crippen molar-refractivity contribution in [3.63, 3.8) is 0 Å². The molecule has 27 heteroatoms. The minimum atomic E-state index is -1.36. The summed E-state index contributed by atoms with van der Waals surface area (Å²) in [5.41, 5.74) is 7.72. The number of para-hydroxylation sites is 4. The molecule has 4 aliphatic rings. The monoisotopic (exact) mass is 1880 g/mol. The van der Waals surface area contributed by atoms with E-state index in [2.05, 4.69) is 15.3 Å². The van der Waals surface area contributed by atoms with Gasteiger partial charge >= 0.3 is 17.9 Å². The van der Waals surface area contributed by atoms with Gasteiger partial charge in [-0.25, -0.2) is 34.3 Å². The van der Waals surface area contributed by atoms with Gasteiger partial charge in [-0.05, 0) is 312 Å². The van der Waals surface area contributed by atoms with Gasteiger partial charge < -0.3 is 69.2 Å². The van der Waals surface area contributed by atoms with Gasteiger partial charge in [-0.1, -0.05) is 111 Å². The van der Waals surface area contributed by atoms with Crippen molar-refractivity contribution in [1.82, 2.24) is 25.3 Å². The first-order valence-electron chi connectivity index (χ1n) is 45.9. The van der Waals surface area contributed by atoms with Crippen molar-refractivity contribution in [3.8, 4) is 17.2 Å². The Bertz CT molecular complexity index is 6180. The summed E-state index contributed by atoms with van der Waals surface area (Å²) in [5.74, 6) is 1.33. The molecule has 11 aromatic rings. The summed E-state index contributed by atoms with van der Waals surface area (Å²) in [6, 6.07) is 49.2. The summed E-state index contributed by atoms with van der Waals surface area (Å²) >= 11 is 5.87. The number of carbonyl (C=O) groups excluding carboxylic acids is 7. The Morgan fingerprint density at radius 2 is 0.713 bits per heavy atom. The number of benzene rings is 7. The Morgan fingerprint density at radius 3 is 0.985 bits per heavy atom. The Balaban J connectivity index is 0.000000214. The van der Waals surface area contributed by atoms with Crippen LogP contribution in [0.1, 0.15) is 235 Å². The number of nitrogens with one attached hydrogen (secondary N) is 1. The molecule has 0 bridgehead atoms. The van der Waals surface area contributed by atoms with Crippen LogP contribution in [0.4, 0.5) is 17.5 Å². The first-order valence-corrected chi connectivity index (χ1v) is 45.3. The molecule has 136 heavy (non-hydrogen) atoms.